The van der Waals surface area contributed by atoms with Gasteiger partial charge in [0, 0.05) is 17.8 Å². The lowest BCUT2D eigenvalue weighted by Crippen LogP contribution is -2.37. The lowest BCUT2D eigenvalue weighted by Gasteiger charge is -2.27. The number of carbonyl (C=O) groups is 1. The van der Waals surface area contributed by atoms with Crippen LogP contribution in [0.5, 0.6) is 0 Å². The summed E-state index contributed by atoms with van der Waals surface area (Å²) in [4.78, 5) is 11.7. The van der Waals surface area contributed by atoms with Crippen molar-refractivity contribution in [1.29, 1.82) is 0 Å². The molecular weight excluding hydrogens is 222 g/mol. The fourth-order valence-electron chi connectivity index (χ4n) is 2.36. The first-order valence-electron chi connectivity index (χ1n) is 6.57. The van der Waals surface area contributed by atoms with Crippen LogP contribution in [0.3, 0.4) is 0 Å². The number of amides is 1. The van der Waals surface area contributed by atoms with Crippen LogP contribution >= 0.6 is 11.6 Å². The van der Waals surface area contributed by atoms with Gasteiger partial charge in [0.15, 0.2) is 0 Å². The predicted molar refractivity (Wildman–Crippen MR) is 68.7 cm³/mol. The number of hydrogen-bond donors (Lipinski definition) is 1. The molecule has 0 saturated heterocycles. The molecule has 1 saturated carbocycles. The molecule has 16 heavy (non-hydrogen) atoms. The van der Waals surface area contributed by atoms with Gasteiger partial charge in [-0.25, -0.2) is 0 Å². The Labute approximate surface area is 104 Å². The number of nitrogens with one attached hydrogen (secondary N) is 1. The molecular formula is C13H24ClNO. The van der Waals surface area contributed by atoms with Gasteiger partial charge in [-0.05, 0) is 25.2 Å². The maximum atomic E-state index is 11.7. The van der Waals surface area contributed by atoms with Gasteiger partial charge in [-0.2, -0.15) is 0 Å². The van der Waals surface area contributed by atoms with E-state index in [0.29, 0.717) is 5.92 Å². The number of rotatable bonds is 5. The van der Waals surface area contributed by atoms with E-state index < -0.39 is 0 Å². The van der Waals surface area contributed by atoms with Crippen LogP contribution in [0.1, 0.15) is 52.4 Å². The maximum Gasteiger partial charge on any atom is 0.222 e. The smallest absolute Gasteiger partial charge is 0.222 e. The van der Waals surface area contributed by atoms with Gasteiger partial charge in [-0.3, -0.25) is 4.79 Å². The van der Waals surface area contributed by atoms with Gasteiger partial charge >= 0.3 is 0 Å². The first-order valence-corrected chi connectivity index (χ1v) is 7.00. The summed E-state index contributed by atoms with van der Waals surface area (Å²) in [6, 6.07) is 0. The SMILES string of the molecule is CCCC(C)C(=O)NCC1CCCCC1Cl. The molecule has 0 aromatic heterocycles. The Morgan fingerprint density at radius 2 is 2.12 bits per heavy atom. The highest BCUT2D eigenvalue weighted by Gasteiger charge is 2.24. The van der Waals surface area contributed by atoms with Crippen molar-refractivity contribution in [3.05, 3.63) is 0 Å². The second-order valence-corrected chi connectivity index (χ2v) is 5.56. The molecule has 0 aliphatic heterocycles. The third kappa shape index (κ3) is 4.32. The first-order chi connectivity index (χ1) is 7.65. The van der Waals surface area contributed by atoms with Crippen LogP contribution in [0.15, 0.2) is 0 Å². The molecule has 0 aromatic rings. The van der Waals surface area contributed by atoms with E-state index in [1.807, 2.05) is 6.92 Å². The molecule has 0 aromatic carbocycles. The predicted octanol–water partition coefficient (Wildman–Crippen LogP) is 3.34. The van der Waals surface area contributed by atoms with Crippen LogP contribution < -0.4 is 5.32 Å². The molecule has 1 aliphatic rings. The van der Waals surface area contributed by atoms with Gasteiger partial charge in [-0.1, -0.05) is 33.1 Å². The molecule has 3 atom stereocenters. The maximum absolute atomic E-state index is 11.7. The minimum Gasteiger partial charge on any atom is -0.356 e. The van der Waals surface area contributed by atoms with Crippen LogP contribution in [0.25, 0.3) is 0 Å². The summed E-state index contributed by atoms with van der Waals surface area (Å²) < 4.78 is 0. The number of carbonyl (C=O) groups excluding carboxylic acids is 1. The van der Waals surface area contributed by atoms with Crippen LogP contribution in [0, 0.1) is 11.8 Å². The highest BCUT2D eigenvalue weighted by molar-refractivity contribution is 6.20. The first kappa shape index (κ1) is 13.8. The van der Waals surface area contributed by atoms with Crippen molar-refractivity contribution in [1.82, 2.24) is 5.32 Å². The molecule has 1 amide bonds. The Kier molecular flexibility index (Phi) is 6.18. The summed E-state index contributed by atoms with van der Waals surface area (Å²) in [6.45, 7) is 4.87. The van der Waals surface area contributed by atoms with Crippen LogP contribution in [0.4, 0.5) is 0 Å². The van der Waals surface area contributed by atoms with Gasteiger partial charge in [0.1, 0.15) is 0 Å². The minimum absolute atomic E-state index is 0.141. The molecule has 3 heteroatoms. The van der Waals surface area contributed by atoms with Crippen molar-refractivity contribution in [2.45, 2.75) is 57.7 Å². The van der Waals surface area contributed by atoms with Gasteiger partial charge in [-0.15, -0.1) is 11.6 Å². The van der Waals surface area contributed by atoms with Gasteiger partial charge in [0.05, 0.1) is 0 Å². The fourth-order valence-corrected chi connectivity index (χ4v) is 2.73. The highest BCUT2D eigenvalue weighted by Crippen LogP contribution is 2.28. The Bertz CT molecular complexity index is 220. The van der Waals surface area contributed by atoms with Gasteiger partial charge < -0.3 is 5.32 Å². The molecule has 0 radical (unpaired) electrons. The summed E-state index contributed by atoms with van der Waals surface area (Å²) in [7, 11) is 0. The average molecular weight is 246 g/mol. The lowest BCUT2D eigenvalue weighted by molar-refractivity contribution is -0.124. The van der Waals surface area contributed by atoms with Gasteiger partial charge in [0.25, 0.3) is 0 Å². The molecule has 1 fully saturated rings. The van der Waals surface area contributed by atoms with Gasteiger partial charge in [0.2, 0.25) is 5.91 Å². The molecule has 1 rings (SSSR count). The number of hydrogen-bond acceptors (Lipinski definition) is 1. The molecule has 0 heterocycles. The molecule has 2 nitrogen and oxygen atoms in total. The van der Waals surface area contributed by atoms with Crippen LogP contribution in [-0.2, 0) is 4.79 Å². The summed E-state index contributed by atoms with van der Waals surface area (Å²) >= 11 is 6.26. The zero-order valence-electron chi connectivity index (χ0n) is 10.5. The number of alkyl halides is 1. The van der Waals surface area contributed by atoms with Crippen molar-refractivity contribution in [3.63, 3.8) is 0 Å². The molecule has 94 valence electrons. The van der Waals surface area contributed by atoms with E-state index in [1.165, 1.54) is 12.8 Å². The quantitative estimate of drug-likeness (QED) is 0.740. The van der Waals surface area contributed by atoms with Crippen molar-refractivity contribution in [2.75, 3.05) is 6.54 Å². The molecule has 3 unspecified atom stereocenters. The molecule has 1 N–H and O–H groups in total. The standard InChI is InChI=1S/C13H24ClNO/c1-3-6-10(2)13(16)15-9-11-7-4-5-8-12(11)14/h10-12H,3-9H2,1-2H3,(H,15,16). The second-order valence-electron chi connectivity index (χ2n) is 5.00. The average Bonchev–Trinajstić information content (AvgIpc) is 2.28. The Balaban J connectivity index is 2.24. The number of halogens is 1. The molecule has 0 spiro atoms. The van der Waals surface area contributed by atoms with Crippen molar-refractivity contribution < 1.29 is 4.79 Å². The zero-order chi connectivity index (χ0) is 12.0. The third-order valence-electron chi connectivity index (χ3n) is 3.52. The Hall–Kier alpha value is -0.240. The molecule has 0 bridgehead atoms. The summed E-state index contributed by atoms with van der Waals surface area (Å²) in [5, 5.41) is 3.30. The van der Waals surface area contributed by atoms with E-state index >= 15 is 0 Å². The topological polar surface area (TPSA) is 29.1 Å². The van der Waals surface area contributed by atoms with E-state index in [4.69, 9.17) is 11.6 Å². The van der Waals surface area contributed by atoms with Crippen LogP contribution in [-0.4, -0.2) is 17.8 Å². The van der Waals surface area contributed by atoms with E-state index in [2.05, 4.69) is 12.2 Å². The fraction of sp³-hybridized carbons (Fsp3) is 0.923. The largest absolute Gasteiger partial charge is 0.356 e. The van der Waals surface area contributed by atoms with Crippen molar-refractivity contribution in [2.24, 2.45) is 11.8 Å². The van der Waals surface area contributed by atoms with Crippen molar-refractivity contribution in [3.8, 4) is 0 Å². The van der Waals surface area contributed by atoms with Crippen LogP contribution in [0.2, 0.25) is 0 Å². The minimum atomic E-state index is 0.141. The van der Waals surface area contributed by atoms with E-state index in [9.17, 15) is 4.79 Å². The third-order valence-corrected chi connectivity index (χ3v) is 4.10. The summed E-state index contributed by atoms with van der Waals surface area (Å²) in [5.41, 5.74) is 0. The normalized spacial score (nSPS) is 27.4. The lowest BCUT2D eigenvalue weighted by atomic mass is 9.88. The summed E-state index contributed by atoms with van der Waals surface area (Å²) in [6.07, 6.45) is 6.80. The Morgan fingerprint density at radius 3 is 2.75 bits per heavy atom. The zero-order valence-corrected chi connectivity index (χ0v) is 11.2. The summed E-state index contributed by atoms with van der Waals surface area (Å²) in [5.74, 6) is 0.812. The van der Waals surface area contributed by atoms with E-state index in [1.54, 1.807) is 0 Å². The van der Waals surface area contributed by atoms with E-state index in [-0.39, 0.29) is 17.2 Å². The second kappa shape index (κ2) is 7.16. The highest BCUT2D eigenvalue weighted by atomic mass is 35.5. The van der Waals surface area contributed by atoms with E-state index in [0.717, 1.165) is 32.2 Å². The monoisotopic (exact) mass is 245 g/mol. The Morgan fingerprint density at radius 1 is 1.44 bits per heavy atom. The molecule has 1 aliphatic carbocycles. The van der Waals surface area contributed by atoms with Crippen molar-refractivity contribution >= 4 is 17.5 Å².